The van der Waals surface area contributed by atoms with Crippen LogP contribution < -0.4 is 10.1 Å². The first-order valence-electron chi connectivity index (χ1n) is 11.3. The molecule has 2 aromatic carbocycles. The van der Waals surface area contributed by atoms with Gasteiger partial charge in [-0.3, -0.25) is 0 Å². The molecule has 0 aliphatic heterocycles. The van der Waals surface area contributed by atoms with E-state index in [2.05, 4.69) is 58.5 Å². The fourth-order valence-electron chi connectivity index (χ4n) is 6.80. The molecular weight excluding hydrogens is 441 g/mol. The molecule has 5 rings (SSSR count). The molecule has 0 radical (unpaired) electrons. The number of anilines is 1. The lowest BCUT2D eigenvalue weighted by Gasteiger charge is -2.58. The van der Waals surface area contributed by atoms with Crippen molar-refractivity contribution in [3.63, 3.8) is 0 Å². The molecule has 3 aliphatic rings. The Morgan fingerprint density at radius 3 is 2.77 bits per heavy atom. The first-order chi connectivity index (χ1) is 14.5. The summed E-state index contributed by atoms with van der Waals surface area (Å²) in [7, 11) is 1.74. The number of nitrogens with one attached hydrogen (secondary N) is 1. The molecule has 0 aromatic heterocycles. The van der Waals surface area contributed by atoms with E-state index in [0.717, 1.165) is 35.2 Å². The largest absolute Gasteiger partial charge is 0.497 e. The zero-order valence-corrected chi connectivity index (χ0v) is 19.4. The molecule has 0 unspecified atom stereocenters. The number of ether oxygens (including phenoxy) is 1. The Morgan fingerprint density at radius 1 is 1.13 bits per heavy atom. The number of hydrogen-bond acceptors (Lipinski definition) is 2. The Kier molecular flexibility index (Phi) is 5.33. The lowest BCUT2D eigenvalue weighted by Crippen LogP contribution is -2.55. The van der Waals surface area contributed by atoms with Gasteiger partial charge >= 0.3 is 0 Å². The highest BCUT2D eigenvalue weighted by atomic mass is 79.9. The Balaban J connectivity index is 1.45. The van der Waals surface area contributed by atoms with Crippen LogP contribution in [0.3, 0.4) is 0 Å². The molecule has 6 atom stereocenters. The number of halogens is 2. The summed E-state index contributed by atoms with van der Waals surface area (Å²) >= 11 is 3.66. The van der Waals surface area contributed by atoms with Gasteiger partial charge in [0.15, 0.2) is 0 Å². The number of hydrogen-bond donors (Lipinski definition) is 1. The molecular formula is C26H31BrFNO. The summed E-state index contributed by atoms with van der Waals surface area (Å²) in [5, 5.41) is 3.75. The highest BCUT2D eigenvalue weighted by Crippen LogP contribution is 2.60. The van der Waals surface area contributed by atoms with Gasteiger partial charge in [0.2, 0.25) is 0 Å². The zero-order chi connectivity index (χ0) is 20.9. The third-order valence-electron chi connectivity index (χ3n) is 8.37. The zero-order valence-electron chi connectivity index (χ0n) is 17.8. The van der Waals surface area contributed by atoms with Gasteiger partial charge < -0.3 is 10.1 Å². The molecule has 4 heteroatoms. The monoisotopic (exact) mass is 471 g/mol. The average molecular weight is 472 g/mol. The van der Waals surface area contributed by atoms with Crippen LogP contribution in [0.1, 0.15) is 56.1 Å². The first-order valence-corrected chi connectivity index (χ1v) is 12.1. The van der Waals surface area contributed by atoms with E-state index in [4.69, 9.17) is 4.74 Å². The highest BCUT2D eigenvalue weighted by molar-refractivity contribution is 9.10. The predicted molar refractivity (Wildman–Crippen MR) is 124 cm³/mol. The van der Waals surface area contributed by atoms with Gasteiger partial charge in [-0.05, 0) is 113 Å². The van der Waals surface area contributed by atoms with Crippen molar-refractivity contribution in [1.29, 1.82) is 0 Å². The van der Waals surface area contributed by atoms with Crippen LogP contribution in [0, 0.1) is 17.3 Å². The summed E-state index contributed by atoms with van der Waals surface area (Å²) in [5.41, 5.74) is 4.14. The minimum Gasteiger partial charge on any atom is -0.497 e. The quantitative estimate of drug-likeness (QED) is 0.513. The molecule has 2 aromatic rings. The smallest absolute Gasteiger partial charge is 0.119 e. The van der Waals surface area contributed by atoms with Crippen molar-refractivity contribution in [2.45, 2.75) is 63.6 Å². The van der Waals surface area contributed by atoms with Gasteiger partial charge in [0.25, 0.3) is 0 Å². The molecule has 0 spiro atoms. The fraction of sp³-hybridized carbons (Fsp3) is 0.538. The normalized spacial score (nSPS) is 35.0. The van der Waals surface area contributed by atoms with Crippen molar-refractivity contribution in [2.24, 2.45) is 17.3 Å². The maximum absolute atomic E-state index is 15.1. The van der Waals surface area contributed by atoms with E-state index in [9.17, 15) is 0 Å². The number of alkyl halides is 1. The molecule has 0 heterocycles. The van der Waals surface area contributed by atoms with Gasteiger partial charge in [0, 0.05) is 16.2 Å². The molecule has 0 bridgehead atoms. The van der Waals surface area contributed by atoms with E-state index < -0.39 is 6.17 Å². The van der Waals surface area contributed by atoms with E-state index in [1.165, 1.54) is 24.0 Å². The molecule has 0 amide bonds. The topological polar surface area (TPSA) is 21.3 Å². The second-order valence-electron chi connectivity index (χ2n) is 9.77. The summed E-state index contributed by atoms with van der Waals surface area (Å²) in [6.45, 7) is 2.43. The Labute approximate surface area is 187 Å². The molecule has 160 valence electrons. The number of fused-ring (bicyclic) bond motifs is 5. The molecule has 3 aliphatic carbocycles. The second-order valence-corrected chi connectivity index (χ2v) is 10.6. The molecule has 30 heavy (non-hydrogen) atoms. The SMILES string of the molecule is COc1ccc2c(c1)CC[C@@H]1[C@@H]2CC[C@]2(C)[C@@H](Nc3ccccc3Br)C[C@@H](F)C[C@@H]12. The lowest BCUT2D eigenvalue weighted by atomic mass is 9.49. The molecule has 1 N–H and O–H groups in total. The van der Waals surface area contributed by atoms with E-state index in [1.807, 2.05) is 12.1 Å². The van der Waals surface area contributed by atoms with E-state index in [0.29, 0.717) is 24.2 Å². The molecule has 2 fully saturated rings. The van der Waals surface area contributed by atoms with Crippen molar-refractivity contribution >= 4 is 21.6 Å². The van der Waals surface area contributed by atoms with Gasteiger partial charge in [-0.1, -0.05) is 25.1 Å². The van der Waals surface area contributed by atoms with Crippen molar-refractivity contribution in [3.05, 3.63) is 58.1 Å². The van der Waals surface area contributed by atoms with E-state index >= 15 is 4.39 Å². The summed E-state index contributed by atoms with van der Waals surface area (Å²) in [5.74, 6) is 2.51. The van der Waals surface area contributed by atoms with Crippen LogP contribution in [-0.2, 0) is 6.42 Å². The van der Waals surface area contributed by atoms with Crippen molar-refractivity contribution < 1.29 is 9.13 Å². The third-order valence-corrected chi connectivity index (χ3v) is 9.06. The summed E-state index contributed by atoms with van der Waals surface area (Å²) in [6, 6.07) is 15.0. The van der Waals surface area contributed by atoms with Gasteiger partial charge in [-0.25, -0.2) is 4.39 Å². The Morgan fingerprint density at radius 2 is 1.97 bits per heavy atom. The van der Waals surface area contributed by atoms with Crippen LogP contribution in [0.4, 0.5) is 10.1 Å². The van der Waals surface area contributed by atoms with Gasteiger partial charge in [0.1, 0.15) is 11.9 Å². The van der Waals surface area contributed by atoms with Crippen LogP contribution in [0.25, 0.3) is 0 Å². The van der Waals surface area contributed by atoms with Crippen LogP contribution >= 0.6 is 15.9 Å². The van der Waals surface area contributed by atoms with Crippen LogP contribution in [0.5, 0.6) is 5.75 Å². The maximum Gasteiger partial charge on any atom is 0.119 e. The minimum atomic E-state index is -0.723. The Hall–Kier alpha value is -1.55. The highest BCUT2D eigenvalue weighted by Gasteiger charge is 2.55. The lowest BCUT2D eigenvalue weighted by molar-refractivity contribution is -0.0400. The summed E-state index contributed by atoms with van der Waals surface area (Å²) < 4.78 is 21.6. The predicted octanol–water partition coefficient (Wildman–Crippen LogP) is 7.13. The summed E-state index contributed by atoms with van der Waals surface area (Å²) in [4.78, 5) is 0. The minimum absolute atomic E-state index is 0.128. The van der Waals surface area contributed by atoms with Crippen molar-refractivity contribution in [3.8, 4) is 5.75 Å². The number of benzene rings is 2. The van der Waals surface area contributed by atoms with E-state index in [-0.39, 0.29) is 11.5 Å². The van der Waals surface area contributed by atoms with Crippen molar-refractivity contribution in [2.75, 3.05) is 12.4 Å². The van der Waals surface area contributed by atoms with Gasteiger partial charge in [-0.15, -0.1) is 0 Å². The third kappa shape index (κ3) is 3.36. The second kappa shape index (κ2) is 7.85. The fourth-order valence-corrected chi connectivity index (χ4v) is 7.20. The van der Waals surface area contributed by atoms with Crippen LogP contribution in [0.2, 0.25) is 0 Å². The number of aryl methyl sites for hydroxylation is 1. The first kappa shape index (κ1) is 20.4. The maximum atomic E-state index is 15.1. The Bertz CT molecular complexity index is 933. The molecule has 2 saturated carbocycles. The van der Waals surface area contributed by atoms with Gasteiger partial charge in [-0.2, -0.15) is 0 Å². The molecule has 2 nitrogen and oxygen atoms in total. The van der Waals surface area contributed by atoms with Crippen LogP contribution in [-0.4, -0.2) is 19.3 Å². The number of rotatable bonds is 3. The average Bonchev–Trinajstić information content (AvgIpc) is 2.75. The summed E-state index contributed by atoms with van der Waals surface area (Å²) in [6.07, 6.45) is 5.20. The number of para-hydroxylation sites is 1. The number of methoxy groups -OCH3 is 1. The van der Waals surface area contributed by atoms with Gasteiger partial charge in [0.05, 0.1) is 7.11 Å². The van der Waals surface area contributed by atoms with Crippen LogP contribution in [0.15, 0.2) is 46.9 Å². The van der Waals surface area contributed by atoms with E-state index in [1.54, 1.807) is 7.11 Å². The standard InChI is InChI=1S/C26H31BrFNO/c1-26-12-11-20-19-10-8-18(30-2)13-16(19)7-9-21(20)22(26)14-17(28)15-25(26)29-24-6-4-3-5-23(24)27/h3-6,8,10,13,17,20-22,25,29H,7,9,11-12,14-15H2,1-2H3/t17-,20+,21+,22-,25-,26-/m0/s1. The van der Waals surface area contributed by atoms with Crippen molar-refractivity contribution in [1.82, 2.24) is 0 Å². The molecule has 0 saturated heterocycles.